The molecule has 1 aromatic rings. The zero-order valence-corrected chi connectivity index (χ0v) is 12.4. The van der Waals surface area contributed by atoms with Gasteiger partial charge in [-0.05, 0) is 31.3 Å². The van der Waals surface area contributed by atoms with E-state index in [1.807, 2.05) is 0 Å². The standard InChI is InChI=1S/C17H20N4/c1-20-10-12-21(13-11-20)17-6-3-15(4-7-17)2-5-16-14-18-8-9-19-16/h3-4,6-9,16H,10-14H2,1H3. The number of aliphatic imine (C=N–C) groups is 2. The molecule has 0 aliphatic carbocycles. The normalized spacial score (nSPS) is 22.0. The van der Waals surface area contributed by atoms with Crippen LogP contribution in [0.2, 0.25) is 0 Å². The van der Waals surface area contributed by atoms with Crippen LogP contribution in [0.15, 0.2) is 34.3 Å². The molecule has 0 spiro atoms. The molecule has 0 aromatic heterocycles. The molecule has 1 unspecified atom stereocenters. The summed E-state index contributed by atoms with van der Waals surface area (Å²) in [5, 5.41) is 0. The first-order valence-corrected chi connectivity index (χ1v) is 7.38. The molecule has 3 rings (SSSR count). The van der Waals surface area contributed by atoms with Crippen molar-refractivity contribution in [1.29, 1.82) is 0 Å². The number of rotatable bonds is 1. The number of likely N-dealkylation sites (N-methyl/N-ethyl adjacent to an activating group) is 1. The van der Waals surface area contributed by atoms with E-state index in [1.54, 1.807) is 12.4 Å². The summed E-state index contributed by atoms with van der Waals surface area (Å²) < 4.78 is 0. The van der Waals surface area contributed by atoms with Crippen LogP contribution >= 0.6 is 0 Å². The van der Waals surface area contributed by atoms with Gasteiger partial charge < -0.3 is 9.80 Å². The Bertz CT molecular complexity index is 583. The topological polar surface area (TPSA) is 31.2 Å². The van der Waals surface area contributed by atoms with Crippen LogP contribution in [-0.2, 0) is 0 Å². The van der Waals surface area contributed by atoms with Crippen molar-refractivity contribution < 1.29 is 0 Å². The minimum Gasteiger partial charge on any atom is -0.369 e. The molecule has 2 aliphatic heterocycles. The number of benzene rings is 1. The fourth-order valence-corrected chi connectivity index (χ4v) is 2.47. The largest absolute Gasteiger partial charge is 0.369 e. The summed E-state index contributed by atoms with van der Waals surface area (Å²) in [7, 11) is 2.17. The molecule has 4 heteroatoms. The highest BCUT2D eigenvalue weighted by atomic mass is 15.2. The van der Waals surface area contributed by atoms with Gasteiger partial charge in [0.25, 0.3) is 0 Å². The van der Waals surface area contributed by atoms with E-state index < -0.39 is 0 Å². The molecule has 4 nitrogen and oxygen atoms in total. The van der Waals surface area contributed by atoms with Gasteiger partial charge in [-0.15, -0.1) is 0 Å². The van der Waals surface area contributed by atoms with Gasteiger partial charge >= 0.3 is 0 Å². The quantitative estimate of drug-likeness (QED) is 0.726. The molecule has 1 saturated heterocycles. The van der Waals surface area contributed by atoms with Gasteiger partial charge in [-0.25, -0.2) is 0 Å². The van der Waals surface area contributed by atoms with Crippen LogP contribution in [-0.4, -0.2) is 63.1 Å². The molecule has 108 valence electrons. The van der Waals surface area contributed by atoms with Gasteiger partial charge in [0.05, 0.1) is 6.54 Å². The van der Waals surface area contributed by atoms with Gasteiger partial charge in [-0.2, -0.15) is 0 Å². The van der Waals surface area contributed by atoms with Gasteiger partial charge in [0.15, 0.2) is 0 Å². The first-order chi connectivity index (χ1) is 10.3. The van der Waals surface area contributed by atoms with E-state index in [-0.39, 0.29) is 6.04 Å². The Morgan fingerprint density at radius 3 is 2.48 bits per heavy atom. The molecular weight excluding hydrogens is 260 g/mol. The Kier molecular flexibility index (Phi) is 4.32. The van der Waals surface area contributed by atoms with Crippen LogP contribution in [0.4, 0.5) is 5.69 Å². The monoisotopic (exact) mass is 280 g/mol. The van der Waals surface area contributed by atoms with Crippen molar-refractivity contribution in [3.63, 3.8) is 0 Å². The maximum atomic E-state index is 4.28. The van der Waals surface area contributed by atoms with Crippen LogP contribution in [0.1, 0.15) is 5.56 Å². The average Bonchev–Trinajstić information content (AvgIpc) is 2.55. The maximum absolute atomic E-state index is 4.28. The molecule has 0 N–H and O–H groups in total. The third-order valence-corrected chi connectivity index (χ3v) is 3.84. The van der Waals surface area contributed by atoms with E-state index in [1.165, 1.54) is 5.69 Å². The lowest BCUT2D eigenvalue weighted by atomic mass is 10.1. The molecule has 1 aromatic carbocycles. The highest BCUT2D eigenvalue weighted by molar-refractivity contribution is 6.16. The van der Waals surface area contributed by atoms with E-state index in [9.17, 15) is 0 Å². The minimum absolute atomic E-state index is 0.00677. The van der Waals surface area contributed by atoms with Gasteiger partial charge in [0, 0.05) is 49.9 Å². The third-order valence-electron chi connectivity index (χ3n) is 3.84. The van der Waals surface area contributed by atoms with Crippen molar-refractivity contribution in [2.75, 3.05) is 44.7 Å². The van der Waals surface area contributed by atoms with Gasteiger partial charge in [-0.3, -0.25) is 9.98 Å². The predicted molar refractivity (Wildman–Crippen MR) is 88.7 cm³/mol. The third kappa shape index (κ3) is 3.71. The zero-order chi connectivity index (χ0) is 14.5. The van der Waals surface area contributed by atoms with Gasteiger partial charge in [0.1, 0.15) is 6.04 Å². The number of hydrogen-bond acceptors (Lipinski definition) is 4. The van der Waals surface area contributed by atoms with E-state index in [0.29, 0.717) is 6.54 Å². The van der Waals surface area contributed by atoms with E-state index >= 15 is 0 Å². The van der Waals surface area contributed by atoms with Crippen molar-refractivity contribution in [2.45, 2.75) is 6.04 Å². The van der Waals surface area contributed by atoms with Crippen molar-refractivity contribution >= 4 is 18.1 Å². The highest BCUT2D eigenvalue weighted by Crippen LogP contribution is 2.16. The van der Waals surface area contributed by atoms with Gasteiger partial charge in [0.2, 0.25) is 0 Å². The molecule has 2 aliphatic rings. The first-order valence-electron chi connectivity index (χ1n) is 7.38. The molecule has 1 atom stereocenters. The zero-order valence-electron chi connectivity index (χ0n) is 12.4. The van der Waals surface area contributed by atoms with Crippen LogP contribution in [0.5, 0.6) is 0 Å². The number of anilines is 1. The summed E-state index contributed by atoms with van der Waals surface area (Å²) in [5.74, 6) is 6.35. The van der Waals surface area contributed by atoms with Crippen LogP contribution < -0.4 is 4.90 Å². The number of piperazine rings is 1. The fourth-order valence-electron chi connectivity index (χ4n) is 2.47. The summed E-state index contributed by atoms with van der Waals surface area (Å²) in [6.45, 7) is 5.11. The van der Waals surface area contributed by atoms with Crippen molar-refractivity contribution in [1.82, 2.24) is 4.90 Å². The number of nitrogens with zero attached hydrogens (tertiary/aromatic N) is 4. The summed E-state index contributed by atoms with van der Waals surface area (Å²) in [6, 6.07) is 8.52. The Labute approximate surface area is 126 Å². The van der Waals surface area contributed by atoms with Crippen LogP contribution in [0, 0.1) is 11.8 Å². The molecule has 0 radical (unpaired) electrons. The summed E-state index contributed by atoms with van der Waals surface area (Å²) >= 11 is 0. The van der Waals surface area contributed by atoms with E-state index in [2.05, 4.69) is 62.9 Å². The molecule has 0 saturated carbocycles. The minimum atomic E-state index is 0.00677. The Hall–Kier alpha value is -2.12. The predicted octanol–water partition coefficient (Wildman–Crippen LogP) is 1.31. The second kappa shape index (κ2) is 6.55. The number of hydrogen-bond donors (Lipinski definition) is 0. The summed E-state index contributed by atoms with van der Waals surface area (Å²) in [5.41, 5.74) is 2.33. The molecular formula is C17H20N4. The fraction of sp³-hybridized carbons (Fsp3) is 0.412. The van der Waals surface area contributed by atoms with Crippen LogP contribution in [0.25, 0.3) is 0 Å². The van der Waals surface area contributed by atoms with Crippen LogP contribution in [0.3, 0.4) is 0 Å². The lowest BCUT2D eigenvalue weighted by Gasteiger charge is -2.34. The molecule has 2 heterocycles. The highest BCUT2D eigenvalue weighted by Gasteiger charge is 2.13. The smallest absolute Gasteiger partial charge is 0.130 e. The Morgan fingerprint density at radius 1 is 1.05 bits per heavy atom. The lowest BCUT2D eigenvalue weighted by Crippen LogP contribution is -2.44. The summed E-state index contributed by atoms with van der Waals surface area (Å²) in [6.07, 6.45) is 3.45. The molecule has 1 fully saturated rings. The van der Waals surface area contributed by atoms with E-state index in [0.717, 1.165) is 31.7 Å². The van der Waals surface area contributed by atoms with E-state index in [4.69, 9.17) is 0 Å². The lowest BCUT2D eigenvalue weighted by molar-refractivity contribution is 0.313. The van der Waals surface area contributed by atoms with Crippen molar-refractivity contribution in [2.24, 2.45) is 9.98 Å². The van der Waals surface area contributed by atoms with Crippen molar-refractivity contribution in [3.8, 4) is 11.8 Å². The van der Waals surface area contributed by atoms with Crippen molar-refractivity contribution in [3.05, 3.63) is 29.8 Å². The SMILES string of the molecule is CN1CCN(c2ccc(C#CC3CN=CC=N3)cc2)CC1. The van der Waals surface area contributed by atoms with Gasteiger partial charge in [-0.1, -0.05) is 11.8 Å². The second-order valence-electron chi connectivity index (χ2n) is 5.43. The first kappa shape index (κ1) is 13.8. The molecule has 0 amide bonds. The Balaban J connectivity index is 1.63. The molecule has 0 bridgehead atoms. The second-order valence-corrected chi connectivity index (χ2v) is 5.43. The average molecular weight is 280 g/mol. The molecule has 21 heavy (non-hydrogen) atoms. The summed E-state index contributed by atoms with van der Waals surface area (Å²) in [4.78, 5) is 13.2. The Morgan fingerprint density at radius 2 is 1.81 bits per heavy atom. The maximum Gasteiger partial charge on any atom is 0.130 e.